The molecule has 0 saturated heterocycles. The van der Waals surface area contributed by atoms with Crippen LogP contribution in [0.25, 0.3) is 0 Å². The Hall–Kier alpha value is -1.91. The molecule has 0 unspecified atom stereocenters. The largest absolute Gasteiger partial charge is 0.441 e. The van der Waals surface area contributed by atoms with Crippen LogP contribution in [0.5, 0.6) is 0 Å². The van der Waals surface area contributed by atoms with E-state index in [1.165, 1.54) is 12.2 Å². The molecule has 0 bridgehead atoms. The van der Waals surface area contributed by atoms with E-state index >= 15 is 0 Å². The number of hydrogen-bond acceptors (Lipinski definition) is 4. The number of carbonyl (C=O) groups is 3. The monoisotopic (exact) mass is 195 g/mol. The molecular formula is C9H9NO4. The van der Waals surface area contributed by atoms with Crippen LogP contribution >= 0.6 is 0 Å². The van der Waals surface area contributed by atoms with Gasteiger partial charge in [-0.25, -0.2) is 9.69 Å². The predicted molar refractivity (Wildman–Crippen MR) is 46.8 cm³/mol. The lowest BCUT2D eigenvalue weighted by Gasteiger charge is -2.12. The molecule has 1 heterocycles. The van der Waals surface area contributed by atoms with Gasteiger partial charge in [0, 0.05) is 18.2 Å². The predicted octanol–water partition coefficient (Wildman–Crippen LogP) is -0.0118. The summed E-state index contributed by atoms with van der Waals surface area (Å²) in [4.78, 5) is 33.6. The van der Waals surface area contributed by atoms with Crippen LogP contribution in [0.3, 0.4) is 0 Å². The molecule has 14 heavy (non-hydrogen) atoms. The van der Waals surface area contributed by atoms with Crippen LogP contribution in [0.15, 0.2) is 24.3 Å². The zero-order valence-corrected chi connectivity index (χ0v) is 7.60. The van der Waals surface area contributed by atoms with E-state index in [1.54, 1.807) is 6.92 Å². The van der Waals surface area contributed by atoms with Crippen LogP contribution in [-0.4, -0.2) is 29.4 Å². The summed E-state index contributed by atoms with van der Waals surface area (Å²) in [6.07, 6.45) is 4.98. The van der Waals surface area contributed by atoms with Gasteiger partial charge in [-0.05, 0) is 6.92 Å². The Morgan fingerprint density at radius 1 is 1.43 bits per heavy atom. The Labute approximate surface area is 80.6 Å². The molecule has 0 spiro atoms. The Kier molecular flexibility index (Phi) is 3.17. The van der Waals surface area contributed by atoms with Gasteiger partial charge >= 0.3 is 5.97 Å². The minimum Gasteiger partial charge on any atom is -0.441 e. The average Bonchev–Trinajstić information content (AvgIpc) is 2.44. The van der Waals surface area contributed by atoms with Gasteiger partial charge in [0.25, 0.3) is 11.8 Å². The van der Waals surface area contributed by atoms with Crippen LogP contribution in [-0.2, 0) is 19.1 Å². The van der Waals surface area contributed by atoms with Crippen LogP contribution in [0.4, 0.5) is 0 Å². The summed E-state index contributed by atoms with van der Waals surface area (Å²) in [6.45, 7) is 1.32. The van der Waals surface area contributed by atoms with Crippen LogP contribution in [0.2, 0.25) is 0 Å². The average molecular weight is 195 g/mol. The van der Waals surface area contributed by atoms with E-state index in [1.807, 2.05) is 0 Å². The fourth-order valence-corrected chi connectivity index (χ4v) is 0.871. The van der Waals surface area contributed by atoms with Crippen molar-refractivity contribution in [1.29, 1.82) is 0 Å². The molecule has 1 aliphatic rings. The molecule has 1 rings (SSSR count). The third kappa shape index (κ3) is 2.29. The molecule has 0 aromatic rings. The molecule has 0 radical (unpaired) electrons. The maximum absolute atomic E-state index is 11.0. The lowest BCUT2D eigenvalue weighted by atomic mass is 10.5. The lowest BCUT2D eigenvalue weighted by molar-refractivity contribution is -0.151. The molecule has 0 aromatic carbocycles. The van der Waals surface area contributed by atoms with Crippen molar-refractivity contribution in [3.63, 3.8) is 0 Å². The first kappa shape index (κ1) is 10.2. The lowest BCUT2D eigenvalue weighted by Crippen LogP contribution is -2.33. The SMILES string of the molecule is CC=CC(=O)OCN1C(=O)C=CC1=O. The summed E-state index contributed by atoms with van der Waals surface area (Å²) in [5.74, 6) is -1.52. The quantitative estimate of drug-likeness (QED) is 0.361. The van der Waals surface area contributed by atoms with Gasteiger partial charge in [0.15, 0.2) is 6.73 Å². The first-order valence-corrected chi connectivity index (χ1v) is 3.98. The highest BCUT2D eigenvalue weighted by Gasteiger charge is 2.23. The molecule has 0 aromatic heterocycles. The van der Waals surface area contributed by atoms with Crippen LogP contribution in [0.1, 0.15) is 6.92 Å². The molecule has 0 aliphatic carbocycles. The van der Waals surface area contributed by atoms with E-state index in [2.05, 4.69) is 4.74 Å². The zero-order chi connectivity index (χ0) is 10.6. The number of esters is 1. The third-order valence-corrected chi connectivity index (χ3v) is 1.54. The van der Waals surface area contributed by atoms with Crippen molar-refractivity contribution in [2.75, 3.05) is 6.73 Å². The maximum atomic E-state index is 11.0. The van der Waals surface area contributed by atoms with Gasteiger partial charge in [0.2, 0.25) is 0 Å². The standard InChI is InChI=1S/C9H9NO4/c1-2-3-9(13)14-6-10-7(11)4-5-8(10)12/h2-5H,6H2,1H3. The molecule has 74 valence electrons. The molecule has 1 aliphatic heterocycles. The number of allylic oxidation sites excluding steroid dienone is 1. The van der Waals surface area contributed by atoms with Gasteiger partial charge in [-0.1, -0.05) is 6.08 Å². The number of nitrogens with zero attached hydrogens (tertiary/aromatic N) is 1. The van der Waals surface area contributed by atoms with E-state index in [0.717, 1.165) is 17.1 Å². The summed E-state index contributed by atoms with van der Waals surface area (Å²) in [5, 5.41) is 0. The van der Waals surface area contributed by atoms with Crippen molar-refractivity contribution < 1.29 is 19.1 Å². The number of rotatable bonds is 3. The number of imide groups is 1. The highest BCUT2D eigenvalue weighted by molar-refractivity contribution is 6.12. The Morgan fingerprint density at radius 3 is 2.50 bits per heavy atom. The molecule has 0 saturated carbocycles. The second-order valence-electron chi connectivity index (χ2n) is 2.53. The van der Waals surface area contributed by atoms with E-state index in [0.29, 0.717) is 0 Å². The molecule has 0 N–H and O–H groups in total. The van der Waals surface area contributed by atoms with Gasteiger partial charge in [-0.3, -0.25) is 9.59 Å². The normalized spacial score (nSPS) is 15.6. The molecule has 5 heteroatoms. The Bertz CT molecular complexity index is 312. The molecule has 5 nitrogen and oxygen atoms in total. The zero-order valence-electron chi connectivity index (χ0n) is 7.60. The summed E-state index contributed by atoms with van der Waals surface area (Å²) in [7, 11) is 0. The van der Waals surface area contributed by atoms with Crippen molar-refractivity contribution in [3.05, 3.63) is 24.3 Å². The Morgan fingerprint density at radius 2 is 2.00 bits per heavy atom. The van der Waals surface area contributed by atoms with E-state index in [9.17, 15) is 14.4 Å². The molecular weight excluding hydrogens is 186 g/mol. The number of carbonyl (C=O) groups excluding carboxylic acids is 3. The van der Waals surface area contributed by atoms with Crippen LogP contribution in [0, 0.1) is 0 Å². The maximum Gasteiger partial charge on any atom is 0.332 e. The van der Waals surface area contributed by atoms with Gasteiger partial charge in [0.1, 0.15) is 0 Å². The van der Waals surface area contributed by atoms with Crippen molar-refractivity contribution >= 4 is 17.8 Å². The molecule has 0 fully saturated rings. The minimum atomic E-state index is -0.583. The van der Waals surface area contributed by atoms with Crippen molar-refractivity contribution in [2.45, 2.75) is 6.92 Å². The smallest absolute Gasteiger partial charge is 0.332 e. The number of hydrogen-bond donors (Lipinski definition) is 0. The van der Waals surface area contributed by atoms with Gasteiger partial charge in [-0.2, -0.15) is 0 Å². The van der Waals surface area contributed by atoms with Crippen molar-refractivity contribution in [1.82, 2.24) is 4.90 Å². The summed E-state index contributed by atoms with van der Waals surface area (Å²) in [6, 6.07) is 0. The topological polar surface area (TPSA) is 63.7 Å². The van der Waals surface area contributed by atoms with Gasteiger partial charge < -0.3 is 4.74 Å². The fraction of sp³-hybridized carbons (Fsp3) is 0.222. The third-order valence-electron chi connectivity index (χ3n) is 1.54. The minimum absolute atomic E-state index is 0.339. The molecule has 2 amide bonds. The first-order valence-electron chi connectivity index (χ1n) is 3.98. The summed E-state index contributed by atoms with van der Waals surface area (Å²) >= 11 is 0. The molecule has 0 atom stereocenters. The number of amides is 2. The second kappa shape index (κ2) is 4.36. The highest BCUT2D eigenvalue weighted by Crippen LogP contribution is 2.02. The fourth-order valence-electron chi connectivity index (χ4n) is 0.871. The van der Waals surface area contributed by atoms with Crippen molar-refractivity contribution in [2.24, 2.45) is 0 Å². The number of ether oxygens (including phenoxy) is 1. The van der Waals surface area contributed by atoms with Gasteiger partial charge in [-0.15, -0.1) is 0 Å². The van der Waals surface area contributed by atoms with Crippen LogP contribution < -0.4 is 0 Å². The van der Waals surface area contributed by atoms with Crippen molar-refractivity contribution in [3.8, 4) is 0 Å². The highest BCUT2D eigenvalue weighted by atomic mass is 16.5. The van der Waals surface area contributed by atoms with E-state index < -0.39 is 17.8 Å². The second-order valence-corrected chi connectivity index (χ2v) is 2.53. The first-order chi connectivity index (χ1) is 6.65. The summed E-state index contributed by atoms with van der Waals surface area (Å²) < 4.78 is 4.63. The van der Waals surface area contributed by atoms with E-state index in [-0.39, 0.29) is 6.73 Å². The summed E-state index contributed by atoms with van der Waals surface area (Å²) in [5.41, 5.74) is 0. The van der Waals surface area contributed by atoms with Gasteiger partial charge in [0.05, 0.1) is 0 Å². The van der Waals surface area contributed by atoms with E-state index in [4.69, 9.17) is 0 Å². The Balaban J connectivity index is 2.43.